The van der Waals surface area contributed by atoms with E-state index in [0.29, 0.717) is 17.1 Å². The summed E-state index contributed by atoms with van der Waals surface area (Å²) in [5, 5.41) is 51.1. The molecule has 1 fully saturated rings. The number of rotatable bonds is 7. The Morgan fingerprint density at radius 1 is 0.809 bits per heavy atom. The standard InChI is InChI=1S/C35H30O12/c1-42-26-16-25-28(30(39)33(26)45-34-32(41)31(40)29(38)27(17-36)44-34)21(37)15-23(43-25)18-12-13-22-24(14-18)47-35(46-22,19-8-4-2-5-9-19)20-10-6-3-7-11-20/h2-16,27,29,31-32,34,36,38-41H,17H2,1H3/t27-,29-,31+,32-,34+/m1/s1. The third-order valence-electron chi connectivity index (χ3n) is 8.26. The maximum absolute atomic E-state index is 13.4. The van der Waals surface area contributed by atoms with Crippen LogP contribution in [0.15, 0.2) is 100 Å². The first-order chi connectivity index (χ1) is 22.7. The van der Waals surface area contributed by atoms with Crippen molar-refractivity contribution in [3.8, 4) is 40.1 Å². The van der Waals surface area contributed by atoms with E-state index < -0.39 is 54.3 Å². The van der Waals surface area contributed by atoms with Crippen LogP contribution in [0, 0.1) is 0 Å². The minimum absolute atomic E-state index is 0.0383. The quantitative estimate of drug-likeness (QED) is 0.176. The normalized spacial score (nSPS) is 23.0. The van der Waals surface area contributed by atoms with Gasteiger partial charge in [0.2, 0.25) is 12.0 Å². The molecule has 0 saturated carbocycles. The van der Waals surface area contributed by atoms with Crippen molar-refractivity contribution in [2.24, 2.45) is 0 Å². The Kier molecular flexibility index (Phi) is 7.74. The zero-order valence-corrected chi connectivity index (χ0v) is 24.8. The van der Waals surface area contributed by atoms with E-state index in [4.69, 9.17) is 28.1 Å². The first-order valence-corrected chi connectivity index (χ1v) is 14.7. The number of benzene rings is 4. The van der Waals surface area contributed by atoms with Crippen molar-refractivity contribution in [3.63, 3.8) is 0 Å². The number of hydrogen-bond donors (Lipinski definition) is 5. The zero-order valence-electron chi connectivity index (χ0n) is 24.8. The molecule has 1 aromatic heterocycles. The highest BCUT2D eigenvalue weighted by Crippen LogP contribution is 2.49. The predicted molar refractivity (Wildman–Crippen MR) is 165 cm³/mol. The molecule has 0 unspecified atom stereocenters. The van der Waals surface area contributed by atoms with Crippen LogP contribution in [-0.2, 0) is 10.5 Å². The molecule has 1 saturated heterocycles. The second kappa shape index (κ2) is 11.9. The lowest BCUT2D eigenvalue weighted by atomic mass is 9.97. The second-order valence-corrected chi connectivity index (χ2v) is 11.1. The van der Waals surface area contributed by atoms with Gasteiger partial charge in [0.25, 0.3) is 0 Å². The number of hydrogen-bond acceptors (Lipinski definition) is 12. The lowest BCUT2D eigenvalue weighted by Crippen LogP contribution is -2.60. The fourth-order valence-corrected chi connectivity index (χ4v) is 5.82. The van der Waals surface area contributed by atoms with E-state index in [0.717, 1.165) is 11.1 Å². The van der Waals surface area contributed by atoms with Gasteiger partial charge in [-0.1, -0.05) is 60.7 Å². The number of fused-ring (bicyclic) bond motifs is 2. The Morgan fingerprint density at radius 2 is 1.47 bits per heavy atom. The SMILES string of the molecule is COc1cc2oc(-c3ccc4c(c3)OC(c3ccccc3)(c3ccccc3)O4)cc(=O)c2c(O)c1O[C@@H]1O[C@H](CO)[C@@H](O)[C@H](O)[C@H]1O. The van der Waals surface area contributed by atoms with Crippen LogP contribution in [0.3, 0.4) is 0 Å². The number of phenolic OH excluding ortho intramolecular Hbond substituents is 1. The average Bonchev–Trinajstić information content (AvgIpc) is 3.50. The monoisotopic (exact) mass is 642 g/mol. The number of aliphatic hydroxyl groups is 4. The fraction of sp³-hybridized carbons (Fsp3) is 0.229. The molecule has 0 spiro atoms. The maximum Gasteiger partial charge on any atom is 0.305 e. The molecule has 0 radical (unpaired) electrons. The number of methoxy groups -OCH3 is 1. The minimum Gasteiger partial charge on any atom is -0.504 e. The van der Waals surface area contributed by atoms with Crippen LogP contribution in [0.4, 0.5) is 0 Å². The van der Waals surface area contributed by atoms with Gasteiger partial charge in [0.15, 0.2) is 28.4 Å². The summed E-state index contributed by atoms with van der Waals surface area (Å²) in [6.07, 6.45) is -8.00. The molecule has 0 bridgehead atoms. The van der Waals surface area contributed by atoms with E-state index in [2.05, 4.69) is 0 Å². The molecule has 12 heteroatoms. The Morgan fingerprint density at radius 3 is 2.11 bits per heavy atom. The first kappa shape index (κ1) is 30.5. The van der Waals surface area contributed by atoms with E-state index in [1.807, 2.05) is 60.7 Å². The molecule has 3 heterocycles. The van der Waals surface area contributed by atoms with Crippen LogP contribution in [0.25, 0.3) is 22.3 Å². The molecule has 47 heavy (non-hydrogen) atoms. The first-order valence-electron chi connectivity index (χ1n) is 14.7. The summed E-state index contributed by atoms with van der Waals surface area (Å²) >= 11 is 0. The van der Waals surface area contributed by atoms with Gasteiger partial charge in [0.05, 0.1) is 13.7 Å². The summed E-state index contributed by atoms with van der Waals surface area (Å²) in [6, 6.07) is 26.7. The summed E-state index contributed by atoms with van der Waals surface area (Å²) < 4.78 is 35.5. The van der Waals surface area contributed by atoms with E-state index >= 15 is 0 Å². The minimum atomic E-state index is -1.76. The van der Waals surface area contributed by atoms with Crippen LogP contribution in [-0.4, -0.2) is 70.0 Å². The molecule has 0 amide bonds. The van der Waals surface area contributed by atoms with Crippen LogP contribution >= 0.6 is 0 Å². The summed E-state index contributed by atoms with van der Waals surface area (Å²) in [6.45, 7) is -0.683. The summed E-state index contributed by atoms with van der Waals surface area (Å²) in [7, 11) is 1.28. The van der Waals surface area contributed by atoms with Gasteiger partial charge in [-0.25, -0.2) is 0 Å². The van der Waals surface area contributed by atoms with Crippen molar-refractivity contribution in [2.75, 3.05) is 13.7 Å². The van der Waals surface area contributed by atoms with Gasteiger partial charge in [-0.05, 0) is 18.2 Å². The van der Waals surface area contributed by atoms with Gasteiger partial charge in [0.1, 0.15) is 41.1 Å². The molecular weight excluding hydrogens is 612 g/mol. The topological polar surface area (TPSA) is 178 Å². The molecule has 2 aliphatic heterocycles. The molecular formula is C35H30O12. The number of aromatic hydroxyl groups is 1. The van der Waals surface area contributed by atoms with Crippen LogP contribution in [0.2, 0.25) is 0 Å². The zero-order chi connectivity index (χ0) is 32.9. The van der Waals surface area contributed by atoms with Gasteiger partial charge in [-0.15, -0.1) is 0 Å². The van der Waals surface area contributed by atoms with Crippen LogP contribution in [0.1, 0.15) is 11.1 Å². The number of aliphatic hydroxyl groups excluding tert-OH is 4. The highest BCUT2D eigenvalue weighted by Gasteiger charge is 2.46. The van der Waals surface area contributed by atoms with Crippen LogP contribution in [0.5, 0.6) is 28.7 Å². The van der Waals surface area contributed by atoms with Crippen molar-refractivity contribution in [1.29, 1.82) is 0 Å². The largest absolute Gasteiger partial charge is 0.504 e. The molecule has 4 aromatic carbocycles. The van der Waals surface area contributed by atoms with E-state index in [1.54, 1.807) is 18.2 Å². The van der Waals surface area contributed by atoms with Gasteiger partial charge in [-0.2, -0.15) is 0 Å². The summed E-state index contributed by atoms with van der Waals surface area (Å²) in [5.41, 5.74) is 1.39. The molecule has 7 rings (SSSR count). The Labute approximate surface area is 267 Å². The van der Waals surface area contributed by atoms with E-state index in [1.165, 1.54) is 19.2 Å². The summed E-state index contributed by atoms with van der Waals surface area (Å²) in [5.74, 6) is -1.32. The highest BCUT2D eigenvalue weighted by atomic mass is 16.7. The lowest BCUT2D eigenvalue weighted by molar-refractivity contribution is -0.277. The number of phenols is 1. The van der Waals surface area contributed by atoms with E-state index in [9.17, 15) is 30.3 Å². The molecule has 5 atom stereocenters. The Hall–Kier alpha value is -5.11. The molecule has 5 N–H and O–H groups in total. The Bertz CT molecular complexity index is 1940. The molecule has 2 aliphatic rings. The van der Waals surface area contributed by atoms with Crippen molar-refractivity contribution in [3.05, 3.63) is 112 Å². The van der Waals surface area contributed by atoms with Crippen molar-refractivity contribution in [1.82, 2.24) is 0 Å². The van der Waals surface area contributed by atoms with Gasteiger partial charge < -0.3 is 53.6 Å². The second-order valence-electron chi connectivity index (χ2n) is 11.1. The molecule has 5 aromatic rings. The van der Waals surface area contributed by atoms with Crippen molar-refractivity contribution < 1.29 is 53.6 Å². The van der Waals surface area contributed by atoms with Gasteiger partial charge in [-0.3, -0.25) is 4.79 Å². The smallest absolute Gasteiger partial charge is 0.305 e. The van der Waals surface area contributed by atoms with Gasteiger partial charge >= 0.3 is 5.79 Å². The summed E-state index contributed by atoms with van der Waals surface area (Å²) in [4.78, 5) is 13.4. The Balaban J connectivity index is 1.25. The fourth-order valence-electron chi connectivity index (χ4n) is 5.82. The van der Waals surface area contributed by atoms with Crippen molar-refractivity contribution >= 4 is 11.0 Å². The molecule has 0 aliphatic carbocycles. The van der Waals surface area contributed by atoms with Crippen LogP contribution < -0.4 is 24.4 Å². The third kappa shape index (κ3) is 5.12. The number of ether oxygens (including phenoxy) is 5. The van der Waals surface area contributed by atoms with E-state index in [-0.39, 0.29) is 28.2 Å². The lowest BCUT2D eigenvalue weighted by Gasteiger charge is -2.39. The van der Waals surface area contributed by atoms with Gasteiger partial charge in [0, 0.05) is 28.8 Å². The maximum atomic E-state index is 13.4. The van der Waals surface area contributed by atoms with Crippen molar-refractivity contribution in [2.45, 2.75) is 36.5 Å². The molecule has 242 valence electrons. The predicted octanol–water partition coefficient (Wildman–Crippen LogP) is 3.03. The highest BCUT2D eigenvalue weighted by molar-refractivity contribution is 5.89. The molecule has 12 nitrogen and oxygen atoms in total. The third-order valence-corrected chi connectivity index (χ3v) is 8.26. The average molecular weight is 643 g/mol.